The van der Waals surface area contributed by atoms with Crippen LogP contribution in [-0.4, -0.2) is 28.2 Å². The number of hydrogen-bond acceptors (Lipinski definition) is 3. The standard InChI is InChI=1S/C20H34O3/c1-6-18(4)11-15(22)19(5)12(2)7-9-20(13(3)17(18)23)10-8-14(21)16(19)20/h12-13,15-17,22-23H,6-11H2,1-5H3/t12?,13?,15-,16?,17?,18-,19+,20?/m1/s1. The van der Waals surface area contributed by atoms with E-state index in [2.05, 4.69) is 34.6 Å². The summed E-state index contributed by atoms with van der Waals surface area (Å²) in [4.78, 5) is 12.9. The average molecular weight is 322 g/mol. The molecule has 0 aliphatic heterocycles. The Morgan fingerprint density at radius 3 is 2.43 bits per heavy atom. The average Bonchev–Trinajstić information content (AvgIpc) is 2.87. The lowest BCUT2D eigenvalue weighted by molar-refractivity contribution is -0.198. The molecule has 23 heavy (non-hydrogen) atoms. The fourth-order valence-electron chi connectivity index (χ4n) is 6.57. The van der Waals surface area contributed by atoms with Gasteiger partial charge in [0.05, 0.1) is 12.2 Å². The van der Waals surface area contributed by atoms with E-state index in [9.17, 15) is 15.0 Å². The second-order valence-electron chi connectivity index (χ2n) is 9.40. The maximum atomic E-state index is 12.9. The van der Waals surface area contributed by atoms with Gasteiger partial charge in [-0.3, -0.25) is 4.79 Å². The summed E-state index contributed by atoms with van der Waals surface area (Å²) in [5, 5.41) is 22.4. The molecule has 0 aromatic rings. The maximum Gasteiger partial charge on any atom is 0.137 e. The van der Waals surface area contributed by atoms with Gasteiger partial charge in [0.15, 0.2) is 0 Å². The van der Waals surface area contributed by atoms with Gasteiger partial charge < -0.3 is 10.2 Å². The smallest absolute Gasteiger partial charge is 0.137 e. The highest BCUT2D eigenvalue weighted by molar-refractivity contribution is 5.85. The number of hydrogen-bond donors (Lipinski definition) is 2. The van der Waals surface area contributed by atoms with Crippen molar-refractivity contribution in [2.24, 2.45) is 34.0 Å². The lowest BCUT2D eigenvalue weighted by atomic mass is 9.43. The summed E-state index contributed by atoms with van der Waals surface area (Å²) in [5.41, 5.74) is -0.743. The van der Waals surface area contributed by atoms with Crippen LogP contribution < -0.4 is 0 Å². The predicted octanol–water partition coefficient (Wildman–Crippen LogP) is 3.57. The molecule has 2 bridgehead atoms. The minimum atomic E-state index is -0.517. The van der Waals surface area contributed by atoms with Gasteiger partial charge >= 0.3 is 0 Å². The summed E-state index contributed by atoms with van der Waals surface area (Å²) >= 11 is 0. The van der Waals surface area contributed by atoms with Crippen LogP contribution in [0.4, 0.5) is 0 Å². The number of ketones is 1. The molecule has 0 saturated heterocycles. The van der Waals surface area contributed by atoms with Crippen LogP contribution in [0.3, 0.4) is 0 Å². The summed E-state index contributed by atoms with van der Waals surface area (Å²) < 4.78 is 0. The molecule has 0 aromatic carbocycles. The molecule has 3 nitrogen and oxygen atoms in total. The van der Waals surface area contributed by atoms with Crippen LogP contribution in [0.15, 0.2) is 0 Å². The van der Waals surface area contributed by atoms with E-state index in [-0.39, 0.29) is 28.1 Å². The van der Waals surface area contributed by atoms with Gasteiger partial charge in [-0.25, -0.2) is 0 Å². The summed E-state index contributed by atoms with van der Waals surface area (Å²) in [6.07, 6.45) is 4.07. The van der Waals surface area contributed by atoms with Crippen molar-refractivity contribution < 1.29 is 15.0 Å². The molecular weight excluding hydrogens is 288 g/mol. The normalized spacial score (nSPS) is 56.8. The first kappa shape index (κ1) is 17.4. The molecule has 0 radical (unpaired) electrons. The van der Waals surface area contributed by atoms with Crippen molar-refractivity contribution in [2.45, 2.75) is 85.4 Å². The largest absolute Gasteiger partial charge is 0.393 e. The second kappa shape index (κ2) is 5.29. The van der Waals surface area contributed by atoms with Crippen LogP contribution in [-0.2, 0) is 4.79 Å². The Bertz CT molecular complexity index is 503. The van der Waals surface area contributed by atoms with Gasteiger partial charge in [0.1, 0.15) is 5.78 Å². The highest BCUT2D eigenvalue weighted by atomic mass is 16.3. The zero-order valence-electron chi connectivity index (χ0n) is 15.4. The summed E-state index contributed by atoms with van der Waals surface area (Å²) in [7, 11) is 0. The number of rotatable bonds is 1. The highest BCUT2D eigenvalue weighted by Crippen LogP contribution is 2.67. The Kier molecular flexibility index (Phi) is 4.01. The first-order valence-corrected chi connectivity index (χ1v) is 9.52. The Morgan fingerprint density at radius 2 is 1.83 bits per heavy atom. The van der Waals surface area contributed by atoms with Crippen molar-refractivity contribution in [1.82, 2.24) is 0 Å². The number of Topliss-reactive ketones (excluding diaryl/α,β-unsaturated/α-hetero) is 1. The van der Waals surface area contributed by atoms with Gasteiger partial charge in [-0.2, -0.15) is 0 Å². The van der Waals surface area contributed by atoms with Crippen molar-refractivity contribution in [1.29, 1.82) is 0 Å². The number of aliphatic hydroxyl groups is 2. The van der Waals surface area contributed by atoms with Crippen LogP contribution in [0.2, 0.25) is 0 Å². The van der Waals surface area contributed by atoms with Crippen molar-refractivity contribution in [3.05, 3.63) is 0 Å². The molecule has 132 valence electrons. The van der Waals surface area contributed by atoms with E-state index in [1.54, 1.807) is 0 Å². The Hall–Kier alpha value is -0.410. The van der Waals surface area contributed by atoms with Crippen LogP contribution >= 0.6 is 0 Å². The quantitative estimate of drug-likeness (QED) is 0.776. The molecular formula is C20H34O3. The maximum absolute atomic E-state index is 12.9. The third-order valence-corrected chi connectivity index (χ3v) is 8.74. The van der Waals surface area contributed by atoms with Crippen LogP contribution in [0.25, 0.3) is 0 Å². The van der Waals surface area contributed by atoms with E-state index in [1.165, 1.54) is 0 Å². The monoisotopic (exact) mass is 322 g/mol. The molecule has 3 saturated carbocycles. The molecule has 8 atom stereocenters. The van der Waals surface area contributed by atoms with Gasteiger partial charge in [-0.15, -0.1) is 0 Å². The minimum absolute atomic E-state index is 0.0835. The summed E-state index contributed by atoms with van der Waals surface area (Å²) in [5.74, 6) is 0.710. The Balaban J connectivity index is 2.19. The molecule has 3 aliphatic rings. The van der Waals surface area contributed by atoms with Crippen molar-refractivity contribution in [2.75, 3.05) is 0 Å². The molecule has 0 spiro atoms. The molecule has 0 aromatic heterocycles. The second-order valence-corrected chi connectivity index (χ2v) is 9.40. The van der Waals surface area contributed by atoms with E-state index in [0.29, 0.717) is 24.5 Å². The first-order valence-electron chi connectivity index (χ1n) is 9.52. The van der Waals surface area contributed by atoms with Gasteiger partial charge in [0.2, 0.25) is 0 Å². The minimum Gasteiger partial charge on any atom is -0.393 e. The van der Waals surface area contributed by atoms with E-state index in [1.807, 2.05) is 0 Å². The molecule has 0 heterocycles. The van der Waals surface area contributed by atoms with Crippen LogP contribution in [0.1, 0.15) is 73.1 Å². The summed E-state index contributed by atoms with van der Waals surface area (Å²) in [6, 6.07) is 0. The molecule has 5 unspecified atom stereocenters. The third kappa shape index (κ3) is 2.05. The highest BCUT2D eigenvalue weighted by Gasteiger charge is 2.67. The molecule has 0 amide bonds. The van der Waals surface area contributed by atoms with Crippen molar-refractivity contribution in [3.8, 4) is 0 Å². The van der Waals surface area contributed by atoms with E-state index in [4.69, 9.17) is 0 Å². The SMILES string of the molecule is CC[C@]1(C)C[C@@H](O)[C@]2(C)C(C)CCC3(CCC(=O)C32)C(C)C1O. The Morgan fingerprint density at radius 1 is 1.17 bits per heavy atom. The lowest BCUT2D eigenvalue weighted by Crippen LogP contribution is -2.62. The van der Waals surface area contributed by atoms with Gasteiger partial charge in [0, 0.05) is 17.8 Å². The zero-order chi connectivity index (χ0) is 17.2. The molecule has 3 rings (SSSR count). The third-order valence-electron chi connectivity index (χ3n) is 8.74. The van der Waals surface area contributed by atoms with Gasteiger partial charge in [0.25, 0.3) is 0 Å². The molecule has 3 heteroatoms. The van der Waals surface area contributed by atoms with Crippen LogP contribution in [0.5, 0.6) is 0 Å². The molecule has 2 N–H and O–H groups in total. The number of carbonyl (C=O) groups is 1. The molecule has 3 aliphatic carbocycles. The Labute approximate surface area is 140 Å². The van der Waals surface area contributed by atoms with Crippen molar-refractivity contribution in [3.63, 3.8) is 0 Å². The number of carbonyl (C=O) groups excluding carboxylic acids is 1. The van der Waals surface area contributed by atoms with Crippen LogP contribution in [0, 0.1) is 34.0 Å². The van der Waals surface area contributed by atoms with E-state index >= 15 is 0 Å². The zero-order valence-corrected chi connectivity index (χ0v) is 15.4. The van der Waals surface area contributed by atoms with Crippen molar-refractivity contribution >= 4 is 5.78 Å². The predicted molar refractivity (Wildman–Crippen MR) is 90.9 cm³/mol. The topological polar surface area (TPSA) is 57.5 Å². The van der Waals surface area contributed by atoms with Gasteiger partial charge in [-0.1, -0.05) is 34.6 Å². The van der Waals surface area contributed by atoms with E-state index in [0.717, 1.165) is 25.7 Å². The fourth-order valence-corrected chi connectivity index (χ4v) is 6.57. The molecule has 3 fully saturated rings. The lowest BCUT2D eigenvalue weighted by Gasteiger charge is -2.61. The first-order chi connectivity index (χ1) is 10.6. The van der Waals surface area contributed by atoms with Gasteiger partial charge in [-0.05, 0) is 54.8 Å². The summed E-state index contributed by atoms with van der Waals surface area (Å²) in [6.45, 7) is 10.8. The number of aliphatic hydroxyl groups excluding tert-OH is 2. The fraction of sp³-hybridized carbons (Fsp3) is 0.950. The van der Waals surface area contributed by atoms with E-state index < -0.39 is 12.2 Å².